The Labute approximate surface area is 197 Å². The Bertz CT molecular complexity index is 1160. The first-order valence-corrected chi connectivity index (χ1v) is 11.9. The average molecular weight is 467 g/mol. The maximum atomic E-state index is 11.8. The predicted octanol–water partition coefficient (Wildman–Crippen LogP) is 2.71. The number of nitrogens with two attached hydrogens (primary N) is 2. The van der Waals surface area contributed by atoms with Crippen molar-refractivity contribution in [2.45, 2.75) is 19.3 Å². The Balaban J connectivity index is 1.46. The maximum Gasteiger partial charge on any atom is 0.260 e. The van der Waals surface area contributed by atoms with E-state index in [1.165, 1.54) is 22.6 Å². The highest BCUT2D eigenvalue weighted by Gasteiger charge is 2.22. The molecular formula is C24H30N6O2S. The summed E-state index contributed by atoms with van der Waals surface area (Å²) in [5.74, 6) is -0.371. The molecule has 9 heteroatoms. The quantitative estimate of drug-likeness (QED) is 0.578. The molecule has 3 heterocycles. The smallest absolute Gasteiger partial charge is 0.260 e. The van der Waals surface area contributed by atoms with Gasteiger partial charge in [-0.3, -0.25) is 9.59 Å². The van der Waals surface area contributed by atoms with Crippen molar-refractivity contribution < 1.29 is 9.59 Å². The largest absolute Gasteiger partial charge is 0.397 e. The first kappa shape index (κ1) is 22.8. The molecule has 174 valence electrons. The van der Waals surface area contributed by atoms with E-state index in [9.17, 15) is 9.59 Å². The van der Waals surface area contributed by atoms with Crippen molar-refractivity contribution >= 4 is 50.4 Å². The van der Waals surface area contributed by atoms with Gasteiger partial charge in [-0.1, -0.05) is 12.1 Å². The average Bonchev–Trinajstić information content (AvgIpc) is 2.98. The van der Waals surface area contributed by atoms with Gasteiger partial charge in [-0.25, -0.2) is 4.98 Å². The van der Waals surface area contributed by atoms with Crippen molar-refractivity contribution in [2.24, 2.45) is 5.73 Å². The van der Waals surface area contributed by atoms with Gasteiger partial charge in [0.2, 0.25) is 5.91 Å². The van der Waals surface area contributed by atoms with E-state index in [4.69, 9.17) is 11.5 Å². The molecule has 0 spiro atoms. The van der Waals surface area contributed by atoms with Gasteiger partial charge in [0.05, 0.1) is 16.8 Å². The Kier molecular flexibility index (Phi) is 6.69. The van der Waals surface area contributed by atoms with Crippen molar-refractivity contribution in [3.8, 4) is 0 Å². The van der Waals surface area contributed by atoms with E-state index in [1.54, 1.807) is 25.2 Å². The topological polar surface area (TPSA) is 109 Å². The summed E-state index contributed by atoms with van der Waals surface area (Å²) < 4.78 is 0. The Morgan fingerprint density at radius 2 is 1.76 bits per heavy atom. The molecule has 1 saturated heterocycles. The number of hydrogen-bond acceptors (Lipinski definition) is 7. The fourth-order valence-electron chi connectivity index (χ4n) is 4.24. The number of hydrogen-bond donors (Lipinski definition) is 2. The minimum Gasteiger partial charge on any atom is -0.397 e. The number of thiophene rings is 1. The highest BCUT2D eigenvalue weighted by Crippen LogP contribution is 2.38. The summed E-state index contributed by atoms with van der Waals surface area (Å²) in [6, 6.07) is 10.5. The molecule has 2 aromatic heterocycles. The second kappa shape index (κ2) is 9.66. The van der Waals surface area contributed by atoms with Crippen molar-refractivity contribution in [3.05, 3.63) is 47.0 Å². The number of fused-ring (bicyclic) bond motifs is 1. The number of benzene rings is 1. The van der Waals surface area contributed by atoms with E-state index in [2.05, 4.69) is 39.0 Å². The number of nitrogen functional groups attached to an aromatic ring is 1. The van der Waals surface area contributed by atoms with Crippen LogP contribution in [0.15, 0.2) is 36.5 Å². The molecule has 4 N–H and O–H groups in total. The second-order valence-electron chi connectivity index (χ2n) is 8.50. The molecule has 8 nitrogen and oxygen atoms in total. The number of aryl methyl sites for hydroxylation is 1. The predicted molar refractivity (Wildman–Crippen MR) is 135 cm³/mol. The summed E-state index contributed by atoms with van der Waals surface area (Å²) in [5.41, 5.74) is 15.6. The SMILES string of the molecule is CN(C)C(=O)CCc1ccc(N2CCCN(c3ccnc4sc(C(N)=O)c(N)c34)CC2)cc1. The fraction of sp³-hybridized carbons (Fsp3) is 0.375. The number of carbonyl (C=O) groups is 2. The van der Waals surface area contributed by atoms with Gasteiger partial charge in [0.15, 0.2) is 0 Å². The number of amides is 2. The lowest BCUT2D eigenvalue weighted by molar-refractivity contribution is -0.128. The van der Waals surface area contributed by atoms with Gasteiger partial charge in [-0.05, 0) is 36.6 Å². The molecule has 0 radical (unpaired) electrons. The maximum absolute atomic E-state index is 11.8. The summed E-state index contributed by atoms with van der Waals surface area (Å²) in [6.07, 6.45) is 4.03. The molecule has 1 aliphatic heterocycles. The molecular weight excluding hydrogens is 436 g/mol. The minimum atomic E-state index is -0.516. The third-order valence-electron chi connectivity index (χ3n) is 6.10. The zero-order chi connectivity index (χ0) is 23.5. The van der Waals surface area contributed by atoms with Gasteiger partial charge < -0.3 is 26.2 Å². The monoisotopic (exact) mass is 466 g/mol. The van der Waals surface area contributed by atoms with Crippen LogP contribution in [-0.4, -0.2) is 62.0 Å². The lowest BCUT2D eigenvalue weighted by Gasteiger charge is -2.25. The molecule has 3 aromatic rings. The van der Waals surface area contributed by atoms with Crippen LogP contribution < -0.4 is 21.3 Å². The van der Waals surface area contributed by atoms with Gasteiger partial charge in [-0.2, -0.15) is 0 Å². The Morgan fingerprint density at radius 1 is 1.06 bits per heavy atom. The number of nitrogens with zero attached hydrogens (tertiary/aromatic N) is 4. The zero-order valence-corrected chi connectivity index (χ0v) is 19.9. The van der Waals surface area contributed by atoms with Gasteiger partial charge >= 0.3 is 0 Å². The second-order valence-corrected chi connectivity index (χ2v) is 9.50. The molecule has 1 aliphatic rings. The first-order chi connectivity index (χ1) is 15.8. The summed E-state index contributed by atoms with van der Waals surface area (Å²) in [7, 11) is 3.57. The van der Waals surface area contributed by atoms with Crippen molar-refractivity contribution in [1.82, 2.24) is 9.88 Å². The zero-order valence-electron chi connectivity index (χ0n) is 19.1. The number of rotatable bonds is 6. The van der Waals surface area contributed by atoms with E-state index in [0.717, 1.165) is 54.9 Å². The first-order valence-electron chi connectivity index (χ1n) is 11.1. The number of aromatic nitrogens is 1. The lowest BCUT2D eigenvalue weighted by Crippen LogP contribution is -2.30. The molecule has 1 fully saturated rings. The molecule has 0 saturated carbocycles. The van der Waals surface area contributed by atoms with E-state index in [1.807, 2.05) is 6.07 Å². The molecule has 2 amide bonds. The van der Waals surface area contributed by atoms with Crippen LogP contribution in [0.5, 0.6) is 0 Å². The number of primary amides is 1. The van der Waals surface area contributed by atoms with Crippen LogP contribution in [0.3, 0.4) is 0 Å². The molecule has 33 heavy (non-hydrogen) atoms. The van der Waals surface area contributed by atoms with Crippen LogP contribution in [0.4, 0.5) is 17.1 Å². The highest BCUT2D eigenvalue weighted by molar-refractivity contribution is 7.21. The van der Waals surface area contributed by atoms with Gasteiger partial charge in [0.1, 0.15) is 9.71 Å². The summed E-state index contributed by atoms with van der Waals surface area (Å²) in [4.78, 5) is 35.4. The molecule has 0 atom stereocenters. The van der Waals surface area contributed by atoms with E-state index in [0.29, 0.717) is 17.0 Å². The molecule has 4 rings (SSSR count). The number of carbonyl (C=O) groups excluding carboxylic acids is 2. The van der Waals surface area contributed by atoms with Crippen molar-refractivity contribution in [3.63, 3.8) is 0 Å². The molecule has 1 aromatic carbocycles. The molecule has 0 unspecified atom stereocenters. The van der Waals surface area contributed by atoms with Gasteiger partial charge in [0.25, 0.3) is 5.91 Å². The van der Waals surface area contributed by atoms with Crippen molar-refractivity contribution in [2.75, 3.05) is 55.8 Å². The van der Waals surface area contributed by atoms with Crippen LogP contribution in [0, 0.1) is 0 Å². The molecule has 0 aliphatic carbocycles. The van der Waals surface area contributed by atoms with Crippen LogP contribution >= 0.6 is 11.3 Å². The number of anilines is 3. The standard InChI is InChI=1S/C24H30N6O2S/c1-28(2)19(31)9-6-16-4-7-17(8-5-16)29-12-3-13-30(15-14-29)18-10-11-27-24-20(18)21(25)22(33-24)23(26)32/h4-5,7-8,10-11H,3,6,9,12-15,25H2,1-2H3,(H2,26,32). The summed E-state index contributed by atoms with van der Waals surface area (Å²) in [6.45, 7) is 3.55. The normalized spacial score (nSPS) is 14.4. The summed E-state index contributed by atoms with van der Waals surface area (Å²) in [5, 5.41) is 0.821. The van der Waals surface area contributed by atoms with E-state index >= 15 is 0 Å². The van der Waals surface area contributed by atoms with Crippen molar-refractivity contribution in [1.29, 1.82) is 0 Å². The summed E-state index contributed by atoms with van der Waals surface area (Å²) >= 11 is 1.25. The minimum absolute atomic E-state index is 0.145. The van der Waals surface area contributed by atoms with Crippen LogP contribution in [0.25, 0.3) is 10.2 Å². The van der Waals surface area contributed by atoms with E-state index < -0.39 is 5.91 Å². The highest BCUT2D eigenvalue weighted by atomic mass is 32.1. The Hall–Kier alpha value is -3.33. The van der Waals surface area contributed by atoms with Crippen LogP contribution in [0.2, 0.25) is 0 Å². The lowest BCUT2D eigenvalue weighted by atomic mass is 10.1. The van der Waals surface area contributed by atoms with Crippen LogP contribution in [0.1, 0.15) is 28.1 Å². The molecule has 0 bridgehead atoms. The van der Waals surface area contributed by atoms with Crippen LogP contribution in [-0.2, 0) is 11.2 Å². The fourth-order valence-corrected chi connectivity index (χ4v) is 5.18. The third-order valence-corrected chi connectivity index (χ3v) is 7.22. The van der Waals surface area contributed by atoms with Gasteiger partial charge in [-0.15, -0.1) is 11.3 Å². The van der Waals surface area contributed by atoms with Gasteiger partial charge in [0, 0.05) is 58.6 Å². The third kappa shape index (κ3) is 4.88. The Morgan fingerprint density at radius 3 is 2.45 bits per heavy atom. The van der Waals surface area contributed by atoms with E-state index in [-0.39, 0.29) is 5.91 Å². The number of pyridine rings is 1.